The first-order valence-electron chi connectivity index (χ1n) is 14.2. The topological polar surface area (TPSA) is 25.8 Å². The number of nitrogens with zero attached hydrogens (tertiary/aromatic N) is 2. The number of aromatic nitrogens is 2. The molecule has 1 aromatic heterocycles. The van der Waals surface area contributed by atoms with Gasteiger partial charge in [-0.3, -0.25) is 0 Å². The fourth-order valence-corrected chi connectivity index (χ4v) is 5.62. The van der Waals surface area contributed by atoms with Gasteiger partial charge in [-0.15, -0.1) is 0 Å². The summed E-state index contributed by atoms with van der Waals surface area (Å²) in [5.74, 6) is 0.620. The number of allylic oxidation sites excluding steroid dienone is 4. The molecule has 0 fully saturated rings. The van der Waals surface area contributed by atoms with E-state index in [0.29, 0.717) is 5.82 Å². The van der Waals surface area contributed by atoms with Crippen molar-refractivity contribution >= 4 is 16.3 Å². The van der Waals surface area contributed by atoms with E-state index in [9.17, 15) is 0 Å². The number of rotatable bonds is 7. The average molecular weight is 541 g/mol. The van der Waals surface area contributed by atoms with Gasteiger partial charge in [0, 0.05) is 16.7 Å². The Morgan fingerprint density at radius 1 is 0.548 bits per heavy atom. The van der Waals surface area contributed by atoms with Gasteiger partial charge in [0.2, 0.25) is 0 Å². The van der Waals surface area contributed by atoms with Crippen LogP contribution < -0.4 is 0 Å². The van der Waals surface area contributed by atoms with Crippen LogP contribution in [0.4, 0.5) is 0 Å². The van der Waals surface area contributed by atoms with E-state index in [0.717, 1.165) is 33.7 Å². The summed E-state index contributed by atoms with van der Waals surface area (Å²) in [6, 6.07) is 40.8. The molecule has 2 nitrogen and oxygen atoms in total. The number of fused-ring (bicyclic) bond motifs is 1. The predicted octanol–water partition coefficient (Wildman–Crippen LogP) is 10.7. The summed E-state index contributed by atoms with van der Waals surface area (Å²) in [7, 11) is 0. The quantitative estimate of drug-likeness (QED) is 0.188. The fourth-order valence-electron chi connectivity index (χ4n) is 5.62. The summed E-state index contributed by atoms with van der Waals surface area (Å²) in [5.41, 5.74) is 12.0. The third kappa shape index (κ3) is 5.35. The van der Waals surface area contributed by atoms with E-state index >= 15 is 0 Å². The highest BCUT2D eigenvalue weighted by Crippen LogP contribution is 2.37. The smallest absolute Gasteiger partial charge is 0.160 e. The first-order valence-corrected chi connectivity index (χ1v) is 14.2. The Kier molecular flexibility index (Phi) is 7.45. The molecule has 0 atom stereocenters. The van der Waals surface area contributed by atoms with E-state index in [4.69, 9.17) is 9.97 Å². The van der Waals surface area contributed by atoms with Crippen LogP contribution in [0.1, 0.15) is 17.0 Å². The van der Waals surface area contributed by atoms with E-state index in [2.05, 4.69) is 124 Å². The van der Waals surface area contributed by atoms with Crippen LogP contribution in [-0.2, 0) is 0 Å². The standard InChI is InChI=1S/C40H32N2/c1-5-13-29(6-2)40-41-38(30-14-8-7-9-15-30)26-39(42-40)32-17-12-16-31(25-32)34-20-21-35(37-19-11-10-18-36(34)37)33-23-27(3)22-28(4)24-33/h5-26H,1-2H2,3-4H3/b29-13+. The minimum Gasteiger partial charge on any atom is -0.228 e. The van der Waals surface area contributed by atoms with Gasteiger partial charge in [0.05, 0.1) is 11.4 Å². The maximum Gasteiger partial charge on any atom is 0.160 e. The molecular formula is C40H32N2. The van der Waals surface area contributed by atoms with Crippen molar-refractivity contribution in [3.8, 4) is 44.8 Å². The van der Waals surface area contributed by atoms with Gasteiger partial charge < -0.3 is 0 Å². The van der Waals surface area contributed by atoms with Crippen molar-refractivity contribution in [1.29, 1.82) is 0 Å². The molecule has 2 heteroatoms. The summed E-state index contributed by atoms with van der Waals surface area (Å²) < 4.78 is 0. The molecule has 1 heterocycles. The minimum absolute atomic E-state index is 0.620. The second-order valence-corrected chi connectivity index (χ2v) is 10.6. The molecule has 6 aromatic rings. The molecule has 0 aliphatic rings. The first kappa shape index (κ1) is 26.9. The summed E-state index contributed by atoms with van der Waals surface area (Å²) >= 11 is 0. The molecule has 0 unspecified atom stereocenters. The summed E-state index contributed by atoms with van der Waals surface area (Å²) in [6.45, 7) is 12.2. The number of hydrogen-bond acceptors (Lipinski definition) is 2. The van der Waals surface area contributed by atoms with Gasteiger partial charge in [0.1, 0.15) is 0 Å². The largest absolute Gasteiger partial charge is 0.228 e. The molecule has 0 bridgehead atoms. The van der Waals surface area contributed by atoms with Gasteiger partial charge in [-0.1, -0.05) is 146 Å². The van der Waals surface area contributed by atoms with Crippen molar-refractivity contribution in [3.63, 3.8) is 0 Å². The van der Waals surface area contributed by atoms with Crippen LogP contribution in [0.3, 0.4) is 0 Å². The lowest BCUT2D eigenvalue weighted by atomic mass is 9.90. The van der Waals surface area contributed by atoms with Gasteiger partial charge >= 0.3 is 0 Å². The molecule has 0 saturated carbocycles. The third-order valence-electron chi connectivity index (χ3n) is 7.50. The zero-order chi connectivity index (χ0) is 29.1. The van der Waals surface area contributed by atoms with E-state index in [1.807, 2.05) is 24.3 Å². The first-order chi connectivity index (χ1) is 20.5. The van der Waals surface area contributed by atoms with Crippen LogP contribution in [0.15, 0.2) is 147 Å². The van der Waals surface area contributed by atoms with E-state index < -0.39 is 0 Å². The molecule has 0 aliphatic carbocycles. The van der Waals surface area contributed by atoms with Crippen LogP contribution in [-0.4, -0.2) is 9.97 Å². The Bertz CT molecular complexity index is 1960. The molecular weight excluding hydrogens is 508 g/mol. The Morgan fingerprint density at radius 3 is 1.76 bits per heavy atom. The van der Waals surface area contributed by atoms with Crippen molar-refractivity contribution < 1.29 is 0 Å². The third-order valence-corrected chi connectivity index (χ3v) is 7.50. The normalized spacial score (nSPS) is 11.4. The van der Waals surface area contributed by atoms with Gasteiger partial charge in [-0.05, 0) is 59.0 Å². The average Bonchev–Trinajstić information content (AvgIpc) is 3.03. The van der Waals surface area contributed by atoms with Gasteiger partial charge in [0.15, 0.2) is 5.82 Å². The van der Waals surface area contributed by atoms with Crippen molar-refractivity contribution in [3.05, 3.63) is 164 Å². The van der Waals surface area contributed by atoms with Gasteiger partial charge in [0.25, 0.3) is 0 Å². The second-order valence-electron chi connectivity index (χ2n) is 10.6. The van der Waals surface area contributed by atoms with E-state index in [1.54, 1.807) is 12.2 Å². The van der Waals surface area contributed by atoms with Gasteiger partial charge in [-0.25, -0.2) is 9.97 Å². The van der Waals surface area contributed by atoms with Crippen molar-refractivity contribution in [2.75, 3.05) is 0 Å². The molecule has 42 heavy (non-hydrogen) atoms. The summed E-state index contributed by atoms with van der Waals surface area (Å²) in [6.07, 6.45) is 5.40. The van der Waals surface area contributed by atoms with Gasteiger partial charge in [-0.2, -0.15) is 0 Å². The minimum atomic E-state index is 0.620. The molecule has 202 valence electrons. The number of hydrogen-bond donors (Lipinski definition) is 0. The zero-order valence-electron chi connectivity index (χ0n) is 24.0. The van der Waals surface area contributed by atoms with Crippen molar-refractivity contribution in [2.45, 2.75) is 13.8 Å². The molecule has 0 spiro atoms. The lowest BCUT2D eigenvalue weighted by Crippen LogP contribution is -1.98. The summed E-state index contributed by atoms with van der Waals surface area (Å²) in [4.78, 5) is 9.88. The summed E-state index contributed by atoms with van der Waals surface area (Å²) in [5, 5.41) is 2.47. The molecule has 5 aromatic carbocycles. The molecule has 0 N–H and O–H groups in total. The predicted molar refractivity (Wildman–Crippen MR) is 179 cm³/mol. The van der Waals surface area contributed by atoms with Crippen molar-refractivity contribution in [1.82, 2.24) is 9.97 Å². The maximum absolute atomic E-state index is 4.99. The number of benzene rings is 5. The van der Waals surface area contributed by atoms with Crippen LogP contribution in [0.5, 0.6) is 0 Å². The Balaban J connectivity index is 1.50. The second kappa shape index (κ2) is 11.6. The lowest BCUT2D eigenvalue weighted by Gasteiger charge is -2.14. The van der Waals surface area contributed by atoms with Crippen molar-refractivity contribution in [2.24, 2.45) is 0 Å². The molecule has 6 rings (SSSR count). The highest BCUT2D eigenvalue weighted by molar-refractivity contribution is 6.05. The van der Waals surface area contributed by atoms with E-state index in [-0.39, 0.29) is 0 Å². The fraction of sp³-hybridized carbons (Fsp3) is 0.0500. The highest BCUT2D eigenvalue weighted by Gasteiger charge is 2.14. The Labute approximate surface area is 248 Å². The SMILES string of the molecule is C=C/C=C(\C=C)c1nc(-c2ccccc2)cc(-c2cccc(-c3ccc(-c4cc(C)cc(C)c4)c4ccccc34)c2)n1. The number of aryl methyl sites for hydroxylation is 2. The van der Waals surface area contributed by atoms with Crippen LogP contribution in [0, 0.1) is 13.8 Å². The zero-order valence-corrected chi connectivity index (χ0v) is 24.0. The van der Waals surface area contributed by atoms with E-state index in [1.165, 1.54) is 38.6 Å². The lowest BCUT2D eigenvalue weighted by molar-refractivity contribution is 1.13. The van der Waals surface area contributed by atoms with Crippen LogP contribution in [0.25, 0.3) is 61.1 Å². The molecule has 0 saturated heterocycles. The molecule has 0 aliphatic heterocycles. The maximum atomic E-state index is 4.99. The Morgan fingerprint density at radius 2 is 1.12 bits per heavy atom. The Hall–Kier alpha value is -5.34. The monoisotopic (exact) mass is 540 g/mol. The van der Waals surface area contributed by atoms with Crippen LogP contribution in [0.2, 0.25) is 0 Å². The molecule has 0 radical (unpaired) electrons. The highest BCUT2D eigenvalue weighted by atomic mass is 14.9. The molecule has 0 amide bonds. The van der Waals surface area contributed by atoms with Crippen LogP contribution >= 0.6 is 0 Å².